The Morgan fingerprint density at radius 1 is 1.26 bits per heavy atom. The highest BCUT2D eigenvalue weighted by Crippen LogP contribution is 2.39. The molecule has 1 saturated carbocycles. The Morgan fingerprint density at radius 3 is 2.53 bits per heavy atom. The minimum absolute atomic E-state index is 0.0641. The number of carbonyl (C=O) groups excluding carboxylic acids is 1. The highest BCUT2D eigenvalue weighted by molar-refractivity contribution is 5.96. The lowest BCUT2D eigenvalue weighted by Gasteiger charge is -2.42. The van der Waals surface area contributed by atoms with E-state index in [4.69, 9.17) is 9.40 Å². The van der Waals surface area contributed by atoms with Crippen molar-refractivity contribution >= 4 is 28.5 Å². The number of aromatic nitrogens is 3. The summed E-state index contributed by atoms with van der Waals surface area (Å²) in [6, 6.07) is 5.47. The highest BCUT2D eigenvalue weighted by atomic mass is 19.3. The summed E-state index contributed by atoms with van der Waals surface area (Å²) >= 11 is 0. The fraction of sp³-hybridized carbons (Fsp3) is 0.500. The zero-order valence-corrected chi connectivity index (χ0v) is 20.1. The SMILES string of the molecule is CC(=O)N(C)c1cc(C(C)(C)C)c2nc(-c3nnc(N[C@H]4C[C@](O)(C(F)F)C4)o3)cc(C)c2c1. The molecule has 0 radical (unpaired) electrons. The van der Waals surface area contributed by atoms with Crippen LogP contribution in [0.4, 0.5) is 20.5 Å². The molecule has 0 unspecified atom stereocenters. The standard InChI is InChI=1S/C24H29F2N5O3/c1-12-7-18(20-29-30-22(34-20)27-14-10-24(33,11-14)21(25)26)28-19-16(12)8-15(31(6)13(2)32)9-17(19)23(3,4)5/h7-9,14,21,33H,10-11H2,1-6H3,(H,27,30)/t14-,24+. The Balaban J connectivity index is 1.69. The molecule has 10 heteroatoms. The minimum Gasteiger partial charge on any atom is -0.402 e. The predicted molar refractivity (Wildman–Crippen MR) is 125 cm³/mol. The maximum absolute atomic E-state index is 12.8. The Morgan fingerprint density at radius 2 is 1.94 bits per heavy atom. The highest BCUT2D eigenvalue weighted by Gasteiger charge is 2.50. The van der Waals surface area contributed by atoms with Crippen LogP contribution < -0.4 is 10.2 Å². The van der Waals surface area contributed by atoms with Gasteiger partial charge in [0.1, 0.15) is 11.3 Å². The van der Waals surface area contributed by atoms with Gasteiger partial charge < -0.3 is 19.7 Å². The number of benzene rings is 1. The molecular weight excluding hydrogens is 444 g/mol. The van der Waals surface area contributed by atoms with E-state index in [1.54, 1.807) is 11.9 Å². The van der Waals surface area contributed by atoms with Crippen LogP contribution in [0.15, 0.2) is 22.6 Å². The third-order valence-electron chi connectivity index (χ3n) is 6.35. The number of rotatable bonds is 5. The lowest BCUT2D eigenvalue weighted by atomic mass is 9.76. The number of hydrogen-bond acceptors (Lipinski definition) is 7. The summed E-state index contributed by atoms with van der Waals surface area (Å²) in [5, 5.41) is 21.6. The van der Waals surface area contributed by atoms with E-state index in [1.807, 2.05) is 25.1 Å². The maximum Gasteiger partial charge on any atom is 0.316 e. The molecule has 1 aliphatic rings. The first-order valence-corrected chi connectivity index (χ1v) is 11.1. The summed E-state index contributed by atoms with van der Waals surface area (Å²) in [4.78, 5) is 18.4. The summed E-state index contributed by atoms with van der Waals surface area (Å²) in [6.07, 6.45) is -2.98. The number of nitrogens with one attached hydrogen (secondary N) is 1. The van der Waals surface area contributed by atoms with Crippen LogP contribution in [0.3, 0.4) is 0 Å². The van der Waals surface area contributed by atoms with Crippen molar-refractivity contribution in [1.82, 2.24) is 15.2 Å². The number of halogens is 2. The molecule has 1 amide bonds. The van der Waals surface area contributed by atoms with Crippen LogP contribution in [-0.4, -0.2) is 51.3 Å². The van der Waals surface area contributed by atoms with Crippen LogP contribution in [0.5, 0.6) is 0 Å². The van der Waals surface area contributed by atoms with Crippen molar-refractivity contribution in [3.63, 3.8) is 0 Å². The number of nitrogens with zero attached hydrogens (tertiary/aromatic N) is 4. The van der Waals surface area contributed by atoms with Gasteiger partial charge in [-0.15, -0.1) is 5.10 Å². The third kappa shape index (κ3) is 4.34. The number of anilines is 2. The Hall–Kier alpha value is -3.14. The summed E-state index contributed by atoms with van der Waals surface area (Å²) in [5.74, 6) is 0.131. The zero-order chi connectivity index (χ0) is 25.0. The molecule has 4 rings (SSSR count). The van der Waals surface area contributed by atoms with Gasteiger partial charge in [-0.2, -0.15) is 0 Å². The van der Waals surface area contributed by atoms with Crippen molar-refractivity contribution in [2.75, 3.05) is 17.3 Å². The van der Waals surface area contributed by atoms with Crippen molar-refractivity contribution in [3.05, 3.63) is 29.3 Å². The summed E-state index contributed by atoms with van der Waals surface area (Å²) in [6.45, 7) is 9.71. The van der Waals surface area contributed by atoms with Crippen molar-refractivity contribution in [1.29, 1.82) is 0 Å². The molecule has 0 spiro atoms. The van der Waals surface area contributed by atoms with E-state index < -0.39 is 12.0 Å². The van der Waals surface area contributed by atoms with Gasteiger partial charge in [0, 0.05) is 43.9 Å². The second-order valence-electron chi connectivity index (χ2n) is 10.1. The minimum atomic E-state index is -2.79. The molecule has 0 saturated heterocycles. The van der Waals surface area contributed by atoms with Gasteiger partial charge in [-0.25, -0.2) is 13.8 Å². The number of alkyl halides is 2. The van der Waals surface area contributed by atoms with Gasteiger partial charge in [-0.1, -0.05) is 25.9 Å². The molecule has 182 valence electrons. The molecule has 2 heterocycles. The summed E-state index contributed by atoms with van der Waals surface area (Å²) in [7, 11) is 1.74. The van der Waals surface area contributed by atoms with Crippen molar-refractivity contribution in [2.45, 2.75) is 70.9 Å². The molecule has 3 aromatic rings. The number of amides is 1. The first-order chi connectivity index (χ1) is 15.8. The number of aliphatic hydroxyl groups is 1. The van der Waals surface area contributed by atoms with Crippen LogP contribution >= 0.6 is 0 Å². The second kappa shape index (κ2) is 8.26. The maximum atomic E-state index is 12.8. The van der Waals surface area contributed by atoms with Gasteiger partial charge in [0.25, 0.3) is 12.3 Å². The van der Waals surface area contributed by atoms with Gasteiger partial charge in [0.2, 0.25) is 5.91 Å². The molecular formula is C24H29F2N5O3. The van der Waals surface area contributed by atoms with Crippen molar-refractivity contribution < 1.29 is 23.1 Å². The van der Waals surface area contributed by atoms with E-state index in [0.717, 1.165) is 27.7 Å². The average molecular weight is 474 g/mol. The predicted octanol–water partition coefficient (Wildman–Crippen LogP) is 4.44. The average Bonchev–Trinajstić information content (AvgIpc) is 3.19. The van der Waals surface area contributed by atoms with Gasteiger partial charge >= 0.3 is 6.01 Å². The first-order valence-electron chi connectivity index (χ1n) is 11.1. The van der Waals surface area contributed by atoms with Crippen LogP contribution in [0, 0.1) is 6.92 Å². The normalized spacial score (nSPS) is 20.5. The molecule has 1 aromatic carbocycles. The quantitative estimate of drug-likeness (QED) is 0.564. The lowest BCUT2D eigenvalue weighted by Crippen LogP contribution is -2.55. The molecule has 34 heavy (non-hydrogen) atoms. The lowest BCUT2D eigenvalue weighted by molar-refractivity contribution is -0.148. The van der Waals surface area contributed by atoms with E-state index in [-0.39, 0.29) is 42.1 Å². The number of fused-ring (bicyclic) bond motifs is 1. The van der Waals surface area contributed by atoms with E-state index in [2.05, 4.69) is 36.3 Å². The Kier molecular flexibility index (Phi) is 5.83. The monoisotopic (exact) mass is 473 g/mol. The van der Waals surface area contributed by atoms with Crippen LogP contribution in [0.1, 0.15) is 51.7 Å². The molecule has 0 atom stereocenters. The fourth-order valence-corrected chi connectivity index (χ4v) is 4.17. The number of carbonyl (C=O) groups is 1. The van der Waals surface area contributed by atoms with E-state index >= 15 is 0 Å². The third-order valence-corrected chi connectivity index (χ3v) is 6.35. The molecule has 1 aliphatic carbocycles. The van der Waals surface area contributed by atoms with Crippen LogP contribution in [-0.2, 0) is 10.2 Å². The Labute approximate surface area is 196 Å². The number of pyridine rings is 1. The number of hydrogen-bond donors (Lipinski definition) is 2. The molecule has 0 bridgehead atoms. The zero-order valence-electron chi connectivity index (χ0n) is 20.1. The summed E-state index contributed by atoms with van der Waals surface area (Å²) in [5.41, 5.74) is 1.73. The van der Waals surface area contributed by atoms with E-state index in [1.165, 1.54) is 6.92 Å². The van der Waals surface area contributed by atoms with Crippen LogP contribution in [0.25, 0.3) is 22.5 Å². The molecule has 1 fully saturated rings. The van der Waals surface area contributed by atoms with Crippen molar-refractivity contribution in [3.8, 4) is 11.6 Å². The van der Waals surface area contributed by atoms with Gasteiger partial charge in [0.15, 0.2) is 0 Å². The first kappa shape index (κ1) is 24.0. The smallest absolute Gasteiger partial charge is 0.316 e. The van der Waals surface area contributed by atoms with Crippen LogP contribution in [0.2, 0.25) is 0 Å². The fourth-order valence-electron chi connectivity index (χ4n) is 4.17. The van der Waals surface area contributed by atoms with Gasteiger partial charge in [-0.3, -0.25) is 4.79 Å². The largest absolute Gasteiger partial charge is 0.402 e. The van der Waals surface area contributed by atoms with E-state index in [0.29, 0.717) is 5.69 Å². The molecule has 2 aromatic heterocycles. The second-order valence-corrected chi connectivity index (χ2v) is 10.1. The van der Waals surface area contributed by atoms with Gasteiger partial charge in [-0.05, 0) is 41.7 Å². The van der Waals surface area contributed by atoms with E-state index in [9.17, 15) is 18.7 Å². The van der Waals surface area contributed by atoms with Gasteiger partial charge in [0.05, 0.1) is 5.52 Å². The number of aryl methyl sites for hydroxylation is 1. The Bertz CT molecular complexity index is 1250. The molecule has 8 nitrogen and oxygen atoms in total. The van der Waals surface area contributed by atoms with Crippen molar-refractivity contribution in [2.24, 2.45) is 0 Å². The molecule has 0 aliphatic heterocycles. The molecule has 2 N–H and O–H groups in total. The topological polar surface area (TPSA) is 104 Å². The summed E-state index contributed by atoms with van der Waals surface area (Å²) < 4.78 is 31.4.